The molecule has 0 amide bonds. The van der Waals surface area contributed by atoms with Crippen LogP contribution in [0.3, 0.4) is 0 Å². The molecule has 2 heterocycles. The normalized spacial score (nSPS) is 9.95. The largest absolute Gasteiger partial charge is 0.368 e. The van der Waals surface area contributed by atoms with Crippen LogP contribution in [0.15, 0.2) is 0 Å². The second kappa shape index (κ2) is 8.17. The molecule has 5 nitrogen and oxygen atoms in total. The maximum Gasteiger partial charge on any atom is 0.222 e. The van der Waals surface area contributed by atoms with Crippen molar-refractivity contribution in [2.45, 2.75) is 0 Å². The molecule has 0 aliphatic rings. The molecule has 0 spiro atoms. The molecule has 0 radical (unpaired) electrons. The predicted octanol–water partition coefficient (Wildman–Crippen LogP) is 5.06. The molecule has 0 atom stereocenters. The summed E-state index contributed by atoms with van der Waals surface area (Å²) in [6.45, 7) is 0. The lowest BCUT2D eigenvalue weighted by Gasteiger charge is -1.96. The van der Waals surface area contributed by atoms with E-state index in [1.165, 1.54) is 0 Å². The fourth-order valence-corrected chi connectivity index (χ4v) is 2.50. The Balaban J connectivity index is 0.000000200. The minimum atomic E-state index is 0.0133. The van der Waals surface area contributed by atoms with Gasteiger partial charge in [0.15, 0.2) is 24.4 Å². The molecular formula is C8H2Cl6IN5. The first-order valence-corrected chi connectivity index (χ1v) is 7.75. The number of nitrogen functional groups attached to an aromatic ring is 1. The fraction of sp³-hybridized carbons (Fsp3) is 0. The third-order valence-corrected chi connectivity index (χ3v) is 4.21. The van der Waals surface area contributed by atoms with Crippen molar-refractivity contribution in [3.05, 3.63) is 34.5 Å². The minimum Gasteiger partial charge on any atom is -0.368 e. The summed E-state index contributed by atoms with van der Waals surface area (Å²) in [5, 5.41) is 0.830. The molecule has 0 fully saturated rings. The number of hydrogen-bond acceptors (Lipinski definition) is 5. The van der Waals surface area contributed by atoms with Crippen molar-refractivity contribution in [1.29, 1.82) is 0 Å². The first-order valence-electron chi connectivity index (χ1n) is 4.40. The van der Waals surface area contributed by atoms with E-state index in [4.69, 9.17) is 75.3 Å². The Morgan fingerprint density at radius 2 is 0.950 bits per heavy atom. The van der Waals surface area contributed by atoms with Crippen molar-refractivity contribution in [3.8, 4) is 0 Å². The molecule has 0 saturated carbocycles. The number of nitrogens with zero attached hydrogens (tertiary/aromatic N) is 4. The van der Waals surface area contributed by atoms with E-state index in [9.17, 15) is 0 Å². The van der Waals surface area contributed by atoms with E-state index >= 15 is 0 Å². The van der Waals surface area contributed by atoms with Crippen LogP contribution in [0.4, 0.5) is 5.95 Å². The van der Waals surface area contributed by atoms with Gasteiger partial charge in [0.05, 0.1) is 0 Å². The Bertz CT molecular complexity index is 537. The number of halogens is 7. The van der Waals surface area contributed by atoms with Gasteiger partial charge in [0.25, 0.3) is 0 Å². The number of hydrogen-bond donors (Lipinski definition) is 1. The van der Waals surface area contributed by atoms with E-state index in [1.54, 1.807) is 0 Å². The Labute approximate surface area is 157 Å². The van der Waals surface area contributed by atoms with E-state index in [2.05, 4.69) is 19.9 Å². The van der Waals surface area contributed by atoms with Crippen molar-refractivity contribution in [3.63, 3.8) is 0 Å². The second-order valence-electron chi connectivity index (χ2n) is 2.87. The van der Waals surface area contributed by atoms with Gasteiger partial charge in [-0.3, -0.25) is 0 Å². The van der Waals surface area contributed by atoms with Crippen LogP contribution in [0.25, 0.3) is 0 Å². The van der Waals surface area contributed by atoms with Crippen LogP contribution in [-0.2, 0) is 0 Å². The van der Waals surface area contributed by atoms with Gasteiger partial charge < -0.3 is 5.73 Å². The molecule has 2 N–H and O–H groups in total. The van der Waals surface area contributed by atoms with E-state index in [0.717, 1.165) is 0 Å². The van der Waals surface area contributed by atoms with E-state index in [-0.39, 0.29) is 36.6 Å². The maximum absolute atomic E-state index is 5.56. The smallest absolute Gasteiger partial charge is 0.222 e. The van der Waals surface area contributed by atoms with Gasteiger partial charge in [0.1, 0.15) is 10.0 Å². The Hall–Kier alpha value is 0.430. The van der Waals surface area contributed by atoms with E-state index in [1.807, 2.05) is 22.6 Å². The van der Waals surface area contributed by atoms with Gasteiger partial charge in [-0.1, -0.05) is 69.6 Å². The highest BCUT2D eigenvalue weighted by atomic mass is 127. The molecule has 2 aromatic rings. The summed E-state index contributed by atoms with van der Waals surface area (Å²) in [5.74, 6) is 0.0133. The van der Waals surface area contributed by atoms with Crippen molar-refractivity contribution in [1.82, 2.24) is 19.9 Å². The number of rotatable bonds is 0. The van der Waals surface area contributed by atoms with Gasteiger partial charge in [-0.2, -0.15) is 9.97 Å². The number of aromatic nitrogens is 4. The molecule has 12 heteroatoms. The van der Waals surface area contributed by atoms with Crippen LogP contribution in [0, 0.1) is 3.83 Å². The molecule has 2 rings (SSSR count). The van der Waals surface area contributed by atoms with Gasteiger partial charge in [-0.25, -0.2) is 9.97 Å². The van der Waals surface area contributed by atoms with Crippen molar-refractivity contribution < 1.29 is 0 Å². The third kappa shape index (κ3) is 5.32. The summed E-state index contributed by atoms with van der Waals surface area (Å²) in [6, 6.07) is 0. The highest BCUT2D eigenvalue weighted by Gasteiger charge is 2.07. The first-order chi connectivity index (χ1) is 9.22. The highest BCUT2D eigenvalue weighted by molar-refractivity contribution is 14.1. The molecule has 2 aromatic heterocycles. The van der Waals surface area contributed by atoms with Crippen LogP contribution >= 0.6 is 92.2 Å². The fourth-order valence-electron chi connectivity index (χ4n) is 0.780. The Kier molecular flexibility index (Phi) is 7.54. The topological polar surface area (TPSA) is 77.6 Å². The summed E-state index contributed by atoms with van der Waals surface area (Å²) in [4.78, 5) is 14.6. The molecular weight excluding hydrogens is 506 g/mol. The lowest BCUT2D eigenvalue weighted by Crippen LogP contribution is -1.95. The Morgan fingerprint density at radius 1 is 0.650 bits per heavy atom. The SMILES string of the molecule is Clc1nc(I)nc(Cl)c1Cl.Nc1nc(Cl)c(Cl)c(Cl)n1. The number of anilines is 1. The molecule has 108 valence electrons. The zero-order valence-corrected chi connectivity index (χ0v) is 15.7. The highest BCUT2D eigenvalue weighted by Crippen LogP contribution is 2.27. The molecule has 0 aliphatic heterocycles. The molecule has 0 unspecified atom stereocenters. The minimum absolute atomic E-state index is 0.0133. The monoisotopic (exact) mass is 505 g/mol. The quantitative estimate of drug-likeness (QED) is 0.306. The van der Waals surface area contributed by atoms with Crippen LogP contribution in [-0.4, -0.2) is 19.9 Å². The van der Waals surface area contributed by atoms with Crippen LogP contribution in [0.5, 0.6) is 0 Å². The maximum atomic E-state index is 5.56. The molecule has 20 heavy (non-hydrogen) atoms. The van der Waals surface area contributed by atoms with Crippen LogP contribution in [0.2, 0.25) is 30.7 Å². The summed E-state index contributed by atoms with van der Waals surface area (Å²) in [6.07, 6.45) is 0. The molecule has 0 saturated heterocycles. The number of nitrogens with two attached hydrogens (primary N) is 1. The summed E-state index contributed by atoms with van der Waals surface area (Å²) in [5.41, 5.74) is 5.18. The Morgan fingerprint density at radius 3 is 1.30 bits per heavy atom. The molecule has 0 aliphatic carbocycles. The zero-order chi connectivity index (χ0) is 15.4. The lowest BCUT2D eigenvalue weighted by atomic mass is 10.6. The summed E-state index contributed by atoms with van der Waals surface area (Å²) < 4.78 is 0.483. The van der Waals surface area contributed by atoms with Gasteiger partial charge in [0.2, 0.25) is 5.95 Å². The molecule has 0 bridgehead atoms. The van der Waals surface area contributed by atoms with Gasteiger partial charge in [-0.15, -0.1) is 0 Å². The molecule has 0 aromatic carbocycles. The predicted molar refractivity (Wildman–Crippen MR) is 91.3 cm³/mol. The van der Waals surface area contributed by atoms with Gasteiger partial charge in [-0.05, 0) is 0 Å². The van der Waals surface area contributed by atoms with Crippen molar-refractivity contribution >= 4 is 98.1 Å². The first kappa shape index (κ1) is 18.5. The van der Waals surface area contributed by atoms with Crippen molar-refractivity contribution in [2.24, 2.45) is 0 Å². The third-order valence-electron chi connectivity index (χ3n) is 1.53. The van der Waals surface area contributed by atoms with E-state index < -0.39 is 0 Å². The van der Waals surface area contributed by atoms with Crippen LogP contribution < -0.4 is 5.73 Å². The lowest BCUT2D eigenvalue weighted by molar-refractivity contribution is 1.11. The zero-order valence-electron chi connectivity index (χ0n) is 9.01. The van der Waals surface area contributed by atoms with Gasteiger partial charge in [0, 0.05) is 22.6 Å². The summed E-state index contributed by atoms with van der Waals surface area (Å²) in [7, 11) is 0. The summed E-state index contributed by atoms with van der Waals surface area (Å²) >= 11 is 35.0. The van der Waals surface area contributed by atoms with E-state index in [0.29, 0.717) is 3.83 Å². The standard InChI is InChI=1S/C4Cl3IN2.C4H2Cl3N3/c2*5-1-2(6)9-4(8)10-3(1)7/h;(H2,8,9,10). The van der Waals surface area contributed by atoms with Gasteiger partial charge >= 0.3 is 0 Å². The second-order valence-corrected chi connectivity index (χ2v) is 6.02. The van der Waals surface area contributed by atoms with Crippen LogP contribution in [0.1, 0.15) is 0 Å². The average molecular weight is 508 g/mol. The van der Waals surface area contributed by atoms with Crippen molar-refractivity contribution in [2.75, 3.05) is 5.73 Å². The average Bonchev–Trinajstić information content (AvgIpc) is 2.33.